The summed E-state index contributed by atoms with van der Waals surface area (Å²) in [5.74, 6) is -0.413. The van der Waals surface area contributed by atoms with Crippen molar-refractivity contribution in [1.29, 1.82) is 0 Å². The Bertz CT molecular complexity index is 968. The first-order valence-electron chi connectivity index (χ1n) is 8.93. The molecule has 1 fully saturated rings. The quantitative estimate of drug-likeness (QED) is 0.699. The molecule has 3 N–H and O–H groups in total. The van der Waals surface area contributed by atoms with Gasteiger partial charge in [0.15, 0.2) is 0 Å². The minimum Gasteiger partial charge on any atom is -0.389 e. The number of hydrogen-bond donors (Lipinski definition) is 3. The van der Waals surface area contributed by atoms with Crippen molar-refractivity contribution >= 4 is 21.8 Å². The molecule has 1 aliphatic rings. The Morgan fingerprint density at radius 3 is 2.50 bits per heavy atom. The molecule has 10 heteroatoms. The van der Waals surface area contributed by atoms with Gasteiger partial charge in [-0.05, 0) is 38.0 Å². The predicted molar refractivity (Wildman–Crippen MR) is 105 cm³/mol. The summed E-state index contributed by atoms with van der Waals surface area (Å²) in [5.41, 5.74) is 2.73. The summed E-state index contributed by atoms with van der Waals surface area (Å²) in [4.78, 5) is 12.8. The van der Waals surface area contributed by atoms with Crippen LogP contribution in [-0.2, 0) is 22.1 Å². The molecule has 28 heavy (non-hydrogen) atoms. The van der Waals surface area contributed by atoms with E-state index in [1.54, 1.807) is 56.0 Å². The zero-order valence-corrected chi connectivity index (χ0v) is 17.1. The summed E-state index contributed by atoms with van der Waals surface area (Å²) in [5, 5.41) is 16.6. The van der Waals surface area contributed by atoms with Crippen LogP contribution in [0.4, 0.5) is 5.69 Å². The van der Waals surface area contributed by atoms with Crippen LogP contribution in [0.25, 0.3) is 0 Å². The summed E-state index contributed by atoms with van der Waals surface area (Å²) in [6.45, 7) is 3.46. The number of anilines is 1. The molecule has 1 aromatic carbocycles. The molecule has 1 amide bonds. The zero-order valence-electron chi connectivity index (χ0n) is 16.2. The lowest BCUT2D eigenvalue weighted by atomic mass is 10.00. The molecule has 3 atom stereocenters. The molecule has 1 saturated heterocycles. The molecule has 0 spiro atoms. The maximum absolute atomic E-state index is 12.8. The molecular weight excluding hydrogens is 382 g/mol. The summed E-state index contributed by atoms with van der Waals surface area (Å²) in [6, 6.07) is 5.38. The predicted octanol–water partition coefficient (Wildman–Crippen LogP) is 1.00. The van der Waals surface area contributed by atoms with E-state index in [-0.39, 0.29) is 6.42 Å². The monoisotopic (exact) mass is 407 g/mol. The van der Waals surface area contributed by atoms with Gasteiger partial charge in [-0.2, -0.15) is 22.5 Å². The number of aliphatic hydroxyl groups excluding tert-OH is 1. The van der Waals surface area contributed by atoms with Crippen LogP contribution in [0.1, 0.15) is 42.3 Å². The molecule has 9 nitrogen and oxygen atoms in total. The van der Waals surface area contributed by atoms with Gasteiger partial charge in [-0.3, -0.25) is 9.48 Å². The molecule has 3 rings (SSSR count). The van der Waals surface area contributed by atoms with Gasteiger partial charge in [0.2, 0.25) is 5.91 Å². The number of hydrogen-bond acceptors (Lipinski definition) is 5. The third-order valence-corrected chi connectivity index (χ3v) is 6.55. The van der Waals surface area contributed by atoms with Crippen molar-refractivity contribution in [2.45, 2.75) is 38.5 Å². The number of nitrogens with one attached hydrogen (secondary N) is 2. The molecular formula is C18H25N5O4S. The molecule has 0 saturated carbocycles. The lowest BCUT2D eigenvalue weighted by Crippen LogP contribution is -2.56. The van der Waals surface area contributed by atoms with Gasteiger partial charge in [0, 0.05) is 31.5 Å². The van der Waals surface area contributed by atoms with Crippen LogP contribution in [0.5, 0.6) is 0 Å². The van der Waals surface area contributed by atoms with E-state index >= 15 is 0 Å². The second-order valence-corrected chi connectivity index (χ2v) is 8.84. The first kappa shape index (κ1) is 20.5. The third kappa shape index (κ3) is 4.09. The highest BCUT2D eigenvalue weighted by Gasteiger charge is 2.41. The second-order valence-electron chi connectivity index (χ2n) is 7.07. The molecule has 0 aliphatic carbocycles. The Morgan fingerprint density at radius 1 is 1.32 bits per heavy atom. The number of aryl methyl sites for hydroxylation is 2. The number of carbonyl (C=O) groups excluding carboxylic acids is 1. The molecule has 2 aromatic rings. The molecule has 0 radical (unpaired) electrons. The summed E-state index contributed by atoms with van der Waals surface area (Å²) in [6.07, 6.45) is 1.44. The molecule has 152 valence electrons. The fourth-order valence-corrected chi connectivity index (χ4v) is 4.61. The van der Waals surface area contributed by atoms with E-state index in [0.29, 0.717) is 11.4 Å². The van der Waals surface area contributed by atoms with Crippen molar-refractivity contribution in [2.75, 3.05) is 12.4 Å². The lowest BCUT2D eigenvalue weighted by Gasteiger charge is -2.36. The Balaban J connectivity index is 1.82. The normalized spacial score (nSPS) is 23.3. The summed E-state index contributed by atoms with van der Waals surface area (Å²) < 4.78 is 30.4. The molecule has 1 aromatic heterocycles. The fourth-order valence-electron chi connectivity index (χ4n) is 3.34. The van der Waals surface area contributed by atoms with E-state index in [1.165, 1.54) is 7.05 Å². The Labute approximate surface area is 164 Å². The number of carbonyl (C=O) groups is 1. The minimum atomic E-state index is -3.82. The summed E-state index contributed by atoms with van der Waals surface area (Å²) >= 11 is 0. The van der Waals surface area contributed by atoms with E-state index in [4.69, 9.17) is 0 Å². The van der Waals surface area contributed by atoms with E-state index in [0.717, 1.165) is 15.4 Å². The van der Waals surface area contributed by atoms with Gasteiger partial charge in [-0.1, -0.05) is 12.1 Å². The highest BCUT2D eigenvalue weighted by molar-refractivity contribution is 7.87. The second kappa shape index (κ2) is 7.63. The van der Waals surface area contributed by atoms with Gasteiger partial charge < -0.3 is 10.4 Å². The van der Waals surface area contributed by atoms with Gasteiger partial charge in [0.25, 0.3) is 10.2 Å². The molecule has 0 bridgehead atoms. The standard InChI is InChI=1S/C18H25N5O4S/c1-11-15(10-22(3)20-11)16-9-17(23(4)28(26,27)21-16)18(25)19-14-7-5-13(6-8-14)12(2)24/h5-8,10,12,16-17,21,24H,9H2,1-4H3,(H,19,25)/t12-,16-,17+/m1/s1. The van der Waals surface area contributed by atoms with Crippen LogP contribution >= 0.6 is 0 Å². The van der Waals surface area contributed by atoms with E-state index in [9.17, 15) is 18.3 Å². The maximum Gasteiger partial charge on any atom is 0.280 e. The van der Waals surface area contributed by atoms with Crippen molar-refractivity contribution in [2.24, 2.45) is 7.05 Å². The van der Waals surface area contributed by atoms with Crippen molar-refractivity contribution in [3.05, 3.63) is 47.3 Å². The van der Waals surface area contributed by atoms with Crippen LogP contribution in [0.2, 0.25) is 0 Å². The number of likely N-dealkylation sites (N-methyl/N-ethyl adjacent to an activating group) is 1. The Morgan fingerprint density at radius 2 is 1.96 bits per heavy atom. The number of aliphatic hydroxyl groups is 1. The third-order valence-electron chi connectivity index (χ3n) is 4.96. The Kier molecular flexibility index (Phi) is 5.57. The fraction of sp³-hybridized carbons (Fsp3) is 0.444. The van der Waals surface area contributed by atoms with Crippen LogP contribution in [0.15, 0.2) is 30.5 Å². The highest BCUT2D eigenvalue weighted by Crippen LogP contribution is 2.30. The first-order chi connectivity index (χ1) is 13.1. The zero-order chi connectivity index (χ0) is 20.6. The van der Waals surface area contributed by atoms with Gasteiger partial charge in [-0.15, -0.1) is 0 Å². The largest absolute Gasteiger partial charge is 0.389 e. The number of aromatic nitrogens is 2. The maximum atomic E-state index is 12.8. The highest BCUT2D eigenvalue weighted by atomic mass is 32.2. The van der Waals surface area contributed by atoms with Crippen LogP contribution in [0, 0.1) is 6.92 Å². The average molecular weight is 407 g/mol. The lowest BCUT2D eigenvalue weighted by molar-refractivity contribution is -0.120. The first-order valence-corrected chi connectivity index (χ1v) is 10.4. The van der Waals surface area contributed by atoms with Crippen molar-refractivity contribution in [3.63, 3.8) is 0 Å². The number of benzene rings is 1. The van der Waals surface area contributed by atoms with Gasteiger partial charge >= 0.3 is 0 Å². The average Bonchev–Trinajstić information content (AvgIpc) is 2.95. The van der Waals surface area contributed by atoms with Gasteiger partial charge in [0.1, 0.15) is 6.04 Å². The van der Waals surface area contributed by atoms with Crippen molar-refractivity contribution in [1.82, 2.24) is 18.8 Å². The van der Waals surface area contributed by atoms with Crippen LogP contribution in [-0.4, -0.2) is 46.6 Å². The van der Waals surface area contributed by atoms with Crippen LogP contribution in [0.3, 0.4) is 0 Å². The minimum absolute atomic E-state index is 0.278. The van der Waals surface area contributed by atoms with Gasteiger partial charge in [0.05, 0.1) is 17.8 Å². The molecule has 2 heterocycles. The van der Waals surface area contributed by atoms with Crippen molar-refractivity contribution in [3.8, 4) is 0 Å². The van der Waals surface area contributed by atoms with Crippen molar-refractivity contribution < 1.29 is 18.3 Å². The topological polar surface area (TPSA) is 117 Å². The van der Waals surface area contributed by atoms with Gasteiger partial charge in [-0.25, -0.2) is 0 Å². The number of nitrogens with zero attached hydrogens (tertiary/aromatic N) is 3. The van der Waals surface area contributed by atoms with E-state index < -0.39 is 34.3 Å². The summed E-state index contributed by atoms with van der Waals surface area (Å²) in [7, 11) is -0.669. The number of amides is 1. The molecule has 0 unspecified atom stereocenters. The van der Waals surface area contributed by atoms with Crippen LogP contribution < -0.4 is 10.0 Å². The molecule has 1 aliphatic heterocycles. The smallest absolute Gasteiger partial charge is 0.280 e. The van der Waals surface area contributed by atoms with E-state index in [2.05, 4.69) is 15.1 Å². The van der Waals surface area contributed by atoms with E-state index in [1.807, 2.05) is 0 Å². The SMILES string of the molecule is Cc1nn(C)cc1[C@H]1C[C@@H](C(=O)Nc2ccc([C@@H](C)O)cc2)N(C)S(=O)(=O)N1. The number of rotatable bonds is 4. The Hall–Kier alpha value is -2.27.